The fourth-order valence-electron chi connectivity index (χ4n) is 1.51. The molecular formula is C11H13N3S. The van der Waals surface area contributed by atoms with E-state index < -0.39 is 0 Å². The van der Waals surface area contributed by atoms with E-state index in [-0.39, 0.29) is 0 Å². The summed E-state index contributed by atoms with van der Waals surface area (Å²) in [5.74, 6) is 0. The Morgan fingerprint density at radius 3 is 2.73 bits per heavy atom. The monoisotopic (exact) mass is 219 g/mol. The van der Waals surface area contributed by atoms with Gasteiger partial charge in [0.2, 0.25) is 0 Å². The molecule has 0 unspecified atom stereocenters. The minimum absolute atomic E-state index is 0.644. The third kappa shape index (κ3) is 2.15. The molecule has 0 aromatic carbocycles. The molecule has 0 bridgehead atoms. The van der Waals surface area contributed by atoms with E-state index in [0.29, 0.717) is 5.13 Å². The number of aromatic nitrogens is 2. The van der Waals surface area contributed by atoms with Crippen molar-refractivity contribution in [2.45, 2.75) is 19.8 Å². The van der Waals surface area contributed by atoms with Crippen molar-refractivity contribution in [2.75, 3.05) is 5.73 Å². The Morgan fingerprint density at radius 2 is 2.07 bits per heavy atom. The van der Waals surface area contributed by atoms with Gasteiger partial charge in [-0.2, -0.15) is 0 Å². The zero-order valence-electron chi connectivity index (χ0n) is 8.60. The average Bonchev–Trinajstić information content (AvgIpc) is 2.62. The van der Waals surface area contributed by atoms with Gasteiger partial charge >= 0.3 is 0 Å². The van der Waals surface area contributed by atoms with Crippen molar-refractivity contribution in [1.82, 2.24) is 9.97 Å². The van der Waals surface area contributed by atoms with Crippen molar-refractivity contribution < 1.29 is 0 Å². The number of aryl methyl sites for hydroxylation is 1. The second-order valence-electron chi connectivity index (χ2n) is 3.31. The molecule has 0 fully saturated rings. The lowest BCUT2D eigenvalue weighted by Gasteiger charge is -1.99. The number of nitrogens with two attached hydrogens (primary N) is 1. The average molecular weight is 219 g/mol. The first-order valence-electron chi connectivity index (χ1n) is 4.97. The summed E-state index contributed by atoms with van der Waals surface area (Å²) in [6.45, 7) is 2.14. The minimum atomic E-state index is 0.644. The van der Waals surface area contributed by atoms with Crippen LogP contribution in [0, 0.1) is 0 Å². The van der Waals surface area contributed by atoms with Crippen LogP contribution < -0.4 is 5.73 Å². The van der Waals surface area contributed by atoms with Gasteiger partial charge in [-0.15, -0.1) is 0 Å². The van der Waals surface area contributed by atoms with Crippen molar-refractivity contribution in [1.29, 1.82) is 0 Å². The molecule has 15 heavy (non-hydrogen) atoms. The zero-order chi connectivity index (χ0) is 10.7. The predicted octanol–water partition coefficient (Wildman–Crippen LogP) is 2.74. The Hall–Kier alpha value is -1.42. The lowest BCUT2D eigenvalue weighted by Crippen LogP contribution is -1.88. The largest absolute Gasteiger partial charge is 0.375 e. The molecule has 0 aliphatic carbocycles. The van der Waals surface area contributed by atoms with E-state index in [1.165, 1.54) is 4.88 Å². The number of anilines is 1. The molecule has 0 amide bonds. The molecule has 0 saturated heterocycles. The Morgan fingerprint density at radius 1 is 1.33 bits per heavy atom. The molecule has 2 aromatic heterocycles. The topological polar surface area (TPSA) is 51.8 Å². The molecule has 2 aromatic rings. The summed E-state index contributed by atoms with van der Waals surface area (Å²) in [5.41, 5.74) is 8.00. The minimum Gasteiger partial charge on any atom is -0.375 e. The highest BCUT2D eigenvalue weighted by molar-refractivity contribution is 7.18. The van der Waals surface area contributed by atoms with Crippen molar-refractivity contribution in [3.05, 3.63) is 30.2 Å². The zero-order valence-corrected chi connectivity index (χ0v) is 9.42. The maximum absolute atomic E-state index is 5.74. The number of hydrogen-bond acceptors (Lipinski definition) is 4. The molecule has 0 spiro atoms. The van der Waals surface area contributed by atoms with E-state index >= 15 is 0 Å². The highest BCUT2D eigenvalue weighted by atomic mass is 32.1. The fraction of sp³-hybridized carbons (Fsp3) is 0.273. The van der Waals surface area contributed by atoms with Crippen LogP contribution in [0.25, 0.3) is 10.4 Å². The molecular weight excluding hydrogens is 206 g/mol. The van der Waals surface area contributed by atoms with Gasteiger partial charge in [0.1, 0.15) is 0 Å². The molecule has 2 rings (SSSR count). The van der Waals surface area contributed by atoms with Gasteiger partial charge in [-0.05, 0) is 24.1 Å². The maximum atomic E-state index is 5.74. The molecule has 2 N–H and O–H groups in total. The Bertz CT molecular complexity index is 436. The van der Waals surface area contributed by atoms with Gasteiger partial charge in [-0.3, -0.25) is 4.98 Å². The normalized spacial score (nSPS) is 10.5. The quantitative estimate of drug-likeness (QED) is 0.863. The van der Waals surface area contributed by atoms with Gasteiger partial charge in [0, 0.05) is 12.4 Å². The molecule has 0 radical (unpaired) electrons. The van der Waals surface area contributed by atoms with E-state index in [2.05, 4.69) is 16.9 Å². The second kappa shape index (κ2) is 4.40. The van der Waals surface area contributed by atoms with Crippen LogP contribution in [0.1, 0.15) is 19.0 Å². The number of hydrogen-bond donors (Lipinski definition) is 1. The van der Waals surface area contributed by atoms with Crippen molar-refractivity contribution in [2.24, 2.45) is 0 Å². The Balaban J connectivity index is 2.43. The Labute approximate surface area is 93.0 Å². The van der Waals surface area contributed by atoms with Gasteiger partial charge in [0.05, 0.1) is 10.6 Å². The van der Waals surface area contributed by atoms with Crippen molar-refractivity contribution >= 4 is 16.5 Å². The van der Waals surface area contributed by atoms with Gasteiger partial charge in [0.15, 0.2) is 5.13 Å². The summed E-state index contributed by atoms with van der Waals surface area (Å²) < 4.78 is 0. The number of pyridine rings is 1. The van der Waals surface area contributed by atoms with Crippen molar-refractivity contribution in [3.63, 3.8) is 0 Å². The lowest BCUT2D eigenvalue weighted by atomic mass is 10.1. The first-order valence-corrected chi connectivity index (χ1v) is 5.78. The summed E-state index contributed by atoms with van der Waals surface area (Å²) >= 11 is 1.55. The van der Waals surface area contributed by atoms with Crippen LogP contribution in [0.2, 0.25) is 0 Å². The summed E-state index contributed by atoms with van der Waals surface area (Å²) in [4.78, 5) is 9.54. The molecule has 0 atom stereocenters. The van der Waals surface area contributed by atoms with Gasteiger partial charge in [-0.25, -0.2) is 4.98 Å². The smallest absolute Gasteiger partial charge is 0.180 e. The number of thiazole rings is 1. The van der Waals surface area contributed by atoms with E-state index in [1.54, 1.807) is 23.7 Å². The fourth-order valence-corrected chi connectivity index (χ4v) is 2.39. The Kier molecular flexibility index (Phi) is 2.97. The first kappa shape index (κ1) is 10.1. The standard InChI is InChI=1S/C11H13N3S/c1-2-3-9-10(15-11(12)14-9)8-4-6-13-7-5-8/h4-7H,2-3H2,1H3,(H2,12,14). The maximum Gasteiger partial charge on any atom is 0.180 e. The lowest BCUT2D eigenvalue weighted by molar-refractivity contribution is 0.895. The molecule has 2 heterocycles. The predicted molar refractivity (Wildman–Crippen MR) is 63.8 cm³/mol. The molecule has 3 nitrogen and oxygen atoms in total. The summed E-state index contributed by atoms with van der Waals surface area (Å²) in [6, 6.07) is 3.98. The van der Waals surface area contributed by atoms with Crippen LogP contribution in [0.4, 0.5) is 5.13 Å². The first-order chi connectivity index (χ1) is 7.31. The second-order valence-corrected chi connectivity index (χ2v) is 4.34. The van der Waals surface area contributed by atoms with Gasteiger partial charge in [-0.1, -0.05) is 24.7 Å². The molecule has 0 saturated carbocycles. The molecule has 4 heteroatoms. The van der Waals surface area contributed by atoms with Crippen LogP contribution >= 0.6 is 11.3 Å². The van der Waals surface area contributed by atoms with Crippen LogP contribution in [0.3, 0.4) is 0 Å². The van der Waals surface area contributed by atoms with Gasteiger partial charge in [0.25, 0.3) is 0 Å². The third-order valence-electron chi connectivity index (χ3n) is 2.14. The summed E-state index contributed by atoms with van der Waals surface area (Å²) in [7, 11) is 0. The molecule has 0 aliphatic heterocycles. The number of nitrogens with zero attached hydrogens (tertiary/aromatic N) is 2. The number of rotatable bonds is 3. The van der Waals surface area contributed by atoms with Crippen LogP contribution in [-0.4, -0.2) is 9.97 Å². The van der Waals surface area contributed by atoms with Gasteiger partial charge < -0.3 is 5.73 Å². The number of nitrogen functional groups attached to an aromatic ring is 1. The third-order valence-corrected chi connectivity index (χ3v) is 3.12. The molecule has 0 aliphatic rings. The van der Waals surface area contributed by atoms with Crippen LogP contribution in [0.15, 0.2) is 24.5 Å². The van der Waals surface area contributed by atoms with E-state index in [1.807, 2.05) is 12.1 Å². The van der Waals surface area contributed by atoms with Crippen molar-refractivity contribution in [3.8, 4) is 10.4 Å². The van der Waals surface area contributed by atoms with E-state index in [9.17, 15) is 0 Å². The highest BCUT2D eigenvalue weighted by Crippen LogP contribution is 2.31. The summed E-state index contributed by atoms with van der Waals surface area (Å²) in [5, 5.41) is 0.644. The van der Waals surface area contributed by atoms with Crippen LogP contribution in [-0.2, 0) is 6.42 Å². The van der Waals surface area contributed by atoms with Crippen LogP contribution in [0.5, 0.6) is 0 Å². The highest BCUT2D eigenvalue weighted by Gasteiger charge is 2.10. The van der Waals surface area contributed by atoms with E-state index in [0.717, 1.165) is 24.1 Å². The SMILES string of the molecule is CCCc1nc(N)sc1-c1ccncc1. The summed E-state index contributed by atoms with van der Waals surface area (Å²) in [6.07, 6.45) is 5.65. The van der Waals surface area contributed by atoms with E-state index in [4.69, 9.17) is 5.73 Å². The molecule has 78 valence electrons.